The van der Waals surface area contributed by atoms with Crippen molar-refractivity contribution in [3.8, 4) is 0 Å². The molecule has 72 valence electrons. The normalized spacial score (nSPS) is 13.0. The van der Waals surface area contributed by atoms with Gasteiger partial charge in [-0.15, -0.1) is 0 Å². The van der Waals surface area contributed by atoms with Crippen LogP contribution in [-0.4, -0.2) is 11.2 Å². The van der Waals surface area contributed by atoms with Gasteiger partial charge in [-0.1, -0.05) is 6.07 Å². The molecule has 0 spiro atoms. The average Bonchev–Trinajstić information content (AvgIpc) is 1.98. The number of aliphatic hydroxyl groups is 1. The van der Waals surface area contributed by atoms with Crippen LogP contribution in [0.15, 0.2) is 12.1 Å². The first-order chi connectivity index (χ1) is 6.00. The molecule has 1 unspecified atom stereocenters. The molecule has 3 heteroatoms. The summed E-state index contributed by atoms with van der Waals surface area (Å²) in [6.07, 6.45) is -0.513. The molecule has 1 nitrogen and oxygen atoms in total. The lowest BCUT2D eigenvalue weighted by atomic mass is 10.1. The van der Waals surface area contributed by atoms with E-state index in [0.717, 1.165) is 6.07 Å². The van der Waals surface area contributed by atoms with E-state index in [2.05, 4.69) is 0 Å². The number of hydrogen-bond acceptors (Lipinski definition) is 1. The maximum Gasteiger partial charge on any atom is 0.162 e. The molecule has 0 aliphatic carbocycles. The van der Waals surface area contributed by atoms with E-state index < -0.39 is 17.7 Å². The van der Waals surface area contributed by atoms with Gasteiger partial charge in [0.15, 0.2) is 11.6 Å². The summed E-state index contributed by atoms with van der Waals surface area (Å²) in [7, 11) is 0. The summed E-state index contributed by atoms with van der Waals surface area (Å²) in [6.45, 7) is 3.23. The summed E-state index contributed by atoms with van der Waals surface area (Å²) in [5, 5.41) is 9.02. The third-order valence-corrected chi connectivity index (χ3v) is 1.76. The minimum Gasteiger partial charge on any atom is -0.393 e. The second-order valence-corrected chi connectivity index (χ2v) is 3.27. The number of halogens is 2. The Hall–Kier alpha value is -0.960. The van der Waals surface area contributed by atoms with Crippen molar-refractivity contribution < 1.29 is 13.9 Å². The van der Waals surface area contributed by atoms with Crippen molar-refractivity contribution in [3.63, 3.8) is 0 Å². The molecule has 1 aromatic rings. The van der Waals surface area contributed by atoms with E-state index >= 15 is 0 Å². The summed E-state index contributed by atoms with van der Waals surface area (Å²) in [5.74, 6) is -1.71. The molecule has 1 N–H and O–H groups in total. The highest BCUT2D eigenvalue weighted by molar-refractivity contribution is 5.25. The van der Waals surface area contributed by atoms with Crippen LogP contribution in [0.4, 0.5) is 8.78 Å². The molecule has 0 fully saturated rings. The predicted molar refractivity (Wildman–Crippen MR) is 46.5 cm³/mol. The predicted octanol–water partition coefficient (Wildman–Crippen LogP) is 2.20. The number of aryl methyl sites for hydroxylation is 1. The van der Waals surface area contributed by atoms with Crippen LogP contribution in [-0.2, 0) is 6.42 Å². The van der Waals surface area contributed by atoms with Gasteiger partial charge in [0.2, 0.25) is 0 Å². The van der Waals surface area contributed by atoms with Crippen molar-refractivity contribution in [2.24, 2.45) is 0 Å². The maximum absolute atomic E-state index is 13.1. The molecule has 0 aliphatic rings. The quantitative estimate of drug-likeness (QED) is 0.750. The molecular formula is C10H12F2O. The van der Waals surface area contributed by atoms with Crippen molar-refractivity contribution in [1.29, 1.82) is 0 Å². The standard InChI is InChI=1S/C10H12F2O/c1-6-3-8(5-7(2)13)10(12)9(11)4-6/h3-4,7,13H,5H2,1-2H3. The van der Waals surface area contributed by atoms with E-state index in [1.807, 2.05) is 0 Å². The number of rotatable bonds is 2. The lowest BCUT2D eigenvalue weighted by Gasteiger charge is -2.07. The average molecular weight is 186 g/mol. The van der Waals surface area contributed by atoms with Crippen molar-refractivity contribution in [2.45, 2.75) is 26.4 Å². The molecule has 0 saturated heterocycles. The first-order valence-electron chi connectivity index (χ1n) is 4.13. The van der Waals surface area contributed by atoms with Gasteiger partial charge in [0.25, 0.3) is 0 Å². The highest BCUT2D eigenvalue weighted by Crippen LogP contribution is 2.16. The minimum absolute atomic E-state index is 0.143. The van der Waals surface area contributed by atoms with Crippen LogP contribution in [0.2, 0.25) is 0 Å². The van der Waals surface area contributed by atoms with Gasteiger partial charge >= 0.3 is 0 Å². The number of aliphatic hydroxyl groups excluding tert-OH is 1. The van der Waals surface area contributed by atoms with Crippen LogP contribution < -0.4 is 0 Å². The van der Waals surface area contributed by atoms with Crippen LogP contribution in [0.5, 0.6) is 0 Å². The van der Waals surface area contributed by atoms with Crippen molar-refractivity contribution in [1.82, 2.24) is 0 Å². The van der Waals surface area contributed by atoms with E-state index in [-0.39, 0.29) is 12.0 Å². The van der Waals surface area contributed by atoms with E-state index in [1.54, 1.807) is 19.9 Å². The van der Waals surface area contributed by atoms with Crippen molar-refractivity contribution in [2.75, 3.05) is 0 Å². The summed E-state index contributed by atoms with van der Waals surface area (Å²) in [6, 6.07) is 2.69. The molecule has 0 bridgehead atoms. The smallest absolute Gasteiger partial charge is 0.162 e. The molecule has 13 heavy (non-hydrogen) atoms. The molecule has 1 atom stereocenters. The molecule has 0 amide bonds. The lowest BCUT2D eigenvalue weighted by Crippen LogP contribution is -2.07. The molecule has 0 aromatic heterocycles. The van der Waals surface area contributed by atoms with E-state index in [9.17, 15) is 8.78 Å². The Morgan fingerprint density at radius 1 is 1.38 bits per heavy atom. The largest absolute Gasteiger partial charge is 0.393 e. The first kappa shape index (κ1) is 10.1. The van der Waals surface area contributed by atoms with Gasteiger partial charge in [-0.25, -0.2) is 8.78 Å². The Labute approximate surface area is 76.0 Å². The monoisotopic (exact) mass is 186 g/mol. The molecule has 0 aliphatic heterocycles. The third kappa shape index (κ3) is 2.49. The Balaban J connectivity index is 3.05. The van der Waals surface area contributed by atoms with Gasteiger partial charge in [0, 0.05) is 6.42 Å². The Kier molecular flexibility index (Phi) is 2.98. The maximum atomic E-state index is 13.1. The fourth-order valence-electron chi connectivity index (χ4n) is 1.26. The highest BCUT2D eigenvalue weighted by atomic mass is 19.2. The first-order valence-corrected chi connectivity index (χ1v) is 4.13. The van der Waals surface area contributed by atoms with Gasteiger partial charge in [-0.2, -0.15) is 0 Å². The molecule has 1 aromatic carbocycles. The second kappa shape index (κ2) is 3.83. The van der Waals surface area contributed by atoms with Gasteiger partial charge in [0.05, 0.1) is 6.10 Å². The molecule has 0 radical (unpaired) electrons. The fraction of sp³-hybridized carbons (Fsp3) is 0.400. The molecule has 0 heterocycles. The van der Waals surface area contributed by atoms with E-state index in [1.165, 1.54) is 0 Å². The van der Waals surface area contributed by atoms with Gasteiger partial charge in [-0.05, 0) is 31.0 Å². The van der Waals surface area contributed by atoms with Crippen LogP contribution in [0.3, 0.4) is 0 Å². The van der Waals surface area contributed by atoms with Gasteiger partial charge in [-0.3, -0.25) is 0 Å². The van der Waals surface area contributed by atoms with Gasteiger partial charge in [0.1, 0.15) is 0 Å². The van der Waals surface area contributed by atoms with E-state index in [4.69, 9.17) is 5.11 Å². The zero-order chi connectivity index (χ0) is 10.0. The van der Waals surface area contributed by atoms with E-state index in [0.29, 0.717) is 5.56 Å². The Morgan fingerprint density at radius 3 is 2.54 bits per heavy atom. The summed E-state index contributed by atoms with van der Waals surface area (Å²) >= 11 is 0. The van der Waals surface area contributed by atoms with Crippen LogP contribution in [0.1, 0.15) is 18.1 Å². The summed E-state index contributed by atoms with van der Waals surface area (Å²) in [4.78, 5) is 0. The fourth-order valence-corrected chi connectivity index (χ4v) is 1.26. The lowest BCUT2D eigenvalue weighted by molar-refractivity contribution is 0.193. The van der Waals surface area contributed by atoms with Crippen LogP contribution >= 0.6 is 0 Å². The summed E-state index contributed by atoms with van der Waals surface area (Å²) < 4.78 is 25.9. The molecule has 1 rings (SSSR count). The number of hydrogen-bond donors (Lipinski definition) is 1. The van der Waals surface area contributed by atoms with Gasteiger partial charge < -0.3 is 5.11 Å². The van der Waals surface area contributed by atoms with Crippen molar-refractivity contribution >= 4 is 0 Å². The Bertz CT molecular complexity index is 308. The molecule has 0 saturated carbocycles. The second-order valence-electron chi connectivity index (χ2n) is 3.27. The Morgan fingerprint density at radius 2 is 2.00 bits per heavy atom. The summed E-state index contributed by atoms with van der Waals surface area (Å²) in [5.41, 5.74) is 0.891. The minimum atomic E-state index is -0.855. The zero-order valence-electron chi connectivity index (χ0n) is 7.64. The zero-order valence-corrected chi connectivity index (χ0v) is 7.64. The van der Waals surface area contributed by atoms with Crippen molar-refractivity contribution in [3.05, 3.63) is 34.9 Å². The molecular weight excluding hydrogens is 174 g/mol. The highest BCUT2D eigenvalue weighted by Gasteiger charge is 2.10. The van der Waals surface area contributed by atoms with Crippen LogP contribution in [0, 0.1) is 18.6 Å². The van der Waals surface area contributed by atoms with Crippen LogP contribution in [0.25, 0.3) is 0 Å². The third-order valence-electron chi connectivity index (χ3n) is 1.76. The number of benzene rings is 1. The SMILES string of the molecule is Cc1cc(F)c(F)c(CC(C)O)c1. The topological polar surface area (TPSA) is 20.2 Å².